The van der Waals surface area contributed by atoms with E-state index in [-0.39, 0.29) is 58.7 Å². The summed E-state index contributed by atoms with van der Waals surface area (Å²) in [5.74, 6) is 3.52. The second-order valence-electron chi connectivity index (χ2n) is 9.16. The van der Waals surface area contributed by atoms with Crippen LogP contribution in [0, 0.1) is 11.8 Å². The first kappa shape index (κ1) is 32.3. The summed E-state index contributed by atoms with van der Waals surface area (Å²) < 4.78 is 20.7. The highest BCUT2D eigenvalue weighted by Gasteiger charge is 2.32. The van der Waals surface area contributed by atoms with Crippen molar-refractivity contribution >= 4 is 47.1 Å². The third kappa shape index (κ3) is 6.35. The molecule has 0 atom stereocenters. The SMILES string of the molecule is CCOC(=O)c1c2ccc(C#Cc3ccc4c(C(=O)OCC)c(Cl)c(C(=O)OCC)c-4cc3)ccc-2c(C(=O)OCC)c1Cl. The molecule has 0 heterocycles. The molecule has 10 heteroatoms. The lowest BCUT2D eigenvalue weighted by Gasteiger charge is -2.02. The van der Waals surface area contributed by atoms with Crippen molar-refractivity contribution in [2.75, 3.05) is 26.4 Å². The fourth-order valence-corrected chi connectivity index (χ4v) is 5.40. The summed E-state index contributed by atoms with van der Waals surface area (Å²) in [6.45, 7) is 7.22. The average molecular weight is 635 g/mol. The van der Waals surface area contributed by atoms with Crippen LogP contribution in [0.3, 0.4) is 0 Å². The van der Waals surface area contributed by atoms with Crippen LogP contribution in [0.5, 0.6) is 0 Å². The van der Waals surface area contributed by atoms with E-state index in [9.17, 15) is 19.2 Å². The number of hydrogen-bond acceptors (Lipinski definition) is 8. The molecule has 4 aliphatic rings. The predicted molar refractivity (Wildman–Crippen MR) is 166 cm³/mol. The third-order valence-electron chi connectivity index (χ3n) is 6.52. The largest absolute Gasteiger partial charge is 0.462 e. The highest BCUT2D eigenvalue weighted by molar-refractivity contribution is 6.40. The Kier molecular flexibility index (Phi) is 10.5. The van der Waals surface area contributed by atoms with Gasteiger partial charge in [0, 0.05) is 11.1 Å². The minimum absolute atomic E-state index is 0.0316. The van der Waals surface area contributed by atoms with Gasteiger partial charge < -0.3 is 18.9 Å². The molecule has 4 aliphatic carbocycles. The summed E-state index contributed by atoms with van der Waals surface area (Å²) in [4.78, 5) is 51.0. The topological polar surface area (TPSA) is 105 Å². The van der Waals surface area contributed by atoms with Gasteiger partial charge in [0.2, 0.25) is 0 Å². The number of carbonyl (C=O) groups excluding carboxylic acids is 4. The van der Waals surface area contributed by atoms with Crippen molar-refractivity contribution in [2.45, 2.75) is 27.7 Å². The molecule has 0 N–H and O–H groups in total. The van der Waals surface area contributed by atoms with Crippen LogP contribution in [0.4, 0.5) is 0 Å². The van der Waals surface area contributed by atoms with Crippen LogP contribution in [0.15, 0.2) is 48.5 Å². The van der Waals surface area contributed by atoms with Crippen LogP contribution in [0.2, 0.25) is 10.0 Å². The smallest absolute Gasteiger partial charge is 0.340 e. The van der Waals surface area contributed by atoms with Gasteiger partial charge in [0.15, 0.2) is 0 Å². The monoisotopic (exact) mass is 634 g/mol. The number of esters is 4. The first-order valence-corrected chi connectivity index (χ1v) is 14.6. The van der Waals surface area contributed by atoms with E-state index in [4.69, 9.17) is 42.1 Å². The molecular weight excluding hydrogens is 607 g/mol. The Bertz CT molecular complexity index is 1530. The Labute approximate surface area is 264 Å². The van der Waals surface area contributed by atoms with Gasteiger partial charge in [0.1, 0.15) is 0 Å². The minimum Gasteiger partial charge on any atom is -0.462 e. The van der Waals surface area contributed by atoms with Gasteiger partial charge in [-0.15, -0.1) is 0 Å². The molecule has 44 heavy (non-hydrogen) atoms. The number of halogens is 2. The number of rotatable bonds is 8. The molecule has 0 aromatic carbocycles. The quantitative estimate of drug-likeness (QED) is 0.113. The van der Waals surface area contributed by atoms with Crippen molar-refractivity contribution in [3.63, 3.8) is 0 Å². The maximum absolute atomic E-state index is 12.8. The first-order chi connectivity index (χ1) is 21.2. The van der Waals surface area contributed by atoms with Gasteiger partial charge in [0.25, 0.3) is 0 Å². The molecule has 226 valence electrons. The van der Waals surface area contributed by atoms with E-state index in [1.165, 1.54) is 0 Å². The molecule has 0 unspecified atom stereocenters. The number of hydrogen-bond donors (Lipinski definition) is 0. The minimum atomic E-state index is -0.656. The van der Waals surface area contributed by atoms with E-state index < -0.39 is 23.9 Å². The van der Waals surface area contributed by atoms with Gasteiger partial charge in [-0.05, 0) is 74.2 Å². The number of fused-ring (bicyclic) bond motifs is 2. The normalized spacial score (nSPS) is 10.6. The molecule has 0 fully saturated rings. The Morgan fingerprint density at radius 3 is 0.909 bits per heavy atom. The van der Waals surface area contributed by atoms with Crippen LogP contribution < -0.4 is 0 Å². The van der Waals surface area contributed by atoms with Crippen molar-refractivity contribution in [2.24, 2.45) is 0 Å². The average Bonchev–Trinajstić information content (AvgIpc) is 3.20. The van der Waals surface area contributed by atoms with Crippen molar-refractivity contribution in [3.05, 3.63) is 92.0 Å². The summed E-state index contributed by atoms with van der Waals surface area (Å²) in [7, 11) is 0. The summed E-state index contributed by atoms with van der Waals surface area (Å²) in [5.41, 5.74) is 3.10. The van der Waals surface area contributed by atoms with Gasteiger partial charge in [-0.2, -0.15) is 0 Å². The number of carbonyl (C=O) groups is 4. The zero-order chi connectivity index (χ0) is 32.0. The highest BCUT2D eigenvalue weighted by Crippen LogP contribution is 2.42. The van der Waals surface area contributed by atoms with E-state index in [1.54, 1.807) is 76.2 Å². The third-order valence-corrected chi connectivity index (χ3v) is 7.28. The lowest BCUT2D eigenvalue weighted by molar-refractivity contribution is 0.0511. The van der Waals surface area contributed by atoms with E-state index in [2.05, 4.69) is 11.8 Å². The second-order valence-corrected chi connectivity index (χ2v) is 9.91. The summed E-state index contributed by atoms with van der Waals surface area (Å²) >= 11 is 13.0. The van der Waals surface area contributed by atoms with Crippen molar-refractivity contribution in [1.29, 1.82) is 0 Å². The predicted octanol–water partition coefficient (Wildman–Crippen LogP) is 7.31. The van der Waals surface area contributed by atoms with E-state index in [0.717, 1.165) is 0 Å². The van der Waals surface area contributed by atoms with E-state index >= 15 is 0 Å². The molecule has 0 aromatic heterocycles. The van der Waals surface area contributed by atoms with E-state index in [0.29, 0.717) is 33.4 Å². The fraction of sp³-hybridized carbons (Fsp3) is 0.235. The standard InChI is InChI=1S/C34H28Cl2O8/c1-5-41-31(37)25-21-15-11-19(12-16-22(21)26(29(25)35)32(38)42-6-2)9-10-20-13-17-23-24(18-14-20)28(34(40)44-8-4)30(36)27(23)33(39)43-7-3/h11-18H,5-8H2,1-4H3. The zero-order valence-electron chi connectivity index (χ0n) is 24.5. The molecule has 0 amide bonds. The first-order valence-electron chi connectivity index (χ1n) is 13.9. The molecular formula is C34H28Cl2O8. The molecule has 0 bridgehead atoms. The van der Waals surface area contributed by atoms with Crippen LogP contribution in [0.1, 0.15) is 80.3 Å². The summed E-state index contributed by atoms with van der Waals surface area (Å²) in [5, 5.41) is -0.0631. The van der Waals surface area contributed by atoms with Crippen molar-refractivity contribution in [3.8, 4) is 34.1 Å². The van der Waals surface area contributed by atoms with E-state index in [1.807, 2.05) is 0 Å². The Hall–Kier alpha value is -4.58. The van der Waals surface area contributed by atoms with Crippen LogP contribution >= 0.6 is 23.2 Å². The summed E-state index contributed by atoms with van der Waals surface area (Å²) in [6, 6.07) is 13.4. The van der Waals surface area contributed by atoms with Gasteiger partial charge in [-0.3, -0.25) is 0 Å². The Morgan fingerprint density at radius 2 is 0.705 bits per heavy atom. The Morgan fingerprint density at radius 1 is 0.477 bits per heavy atom. The van der Waals surface area contributed by atoms with Crippen molar-refractivity contribution < 1.29 is 38.1 Å². The lowest BCUT2D eigenvalue weighted by Crippen LogP contribution is -2.06. The maximum Gasteiger partial charge on any atom is 0.340 e. The molecule has 0 spiro atoms. The second kappa shape index (κ2) is 14.3. The van der Waals surface area contributed by atoms with Gasteiger partial charge in [-0.1, -0.05) is 59.3 Å². The molecule has 0 saturated heterocycles. The molecule has 0 saturated carbocycles. The maximum atomic E-state index is 12.8. The van der Waals surface area contributed by atoms with Crippen LogP contribution in [0.25, 0.3) is 22.3 Å². The van der Waals surface area contributed by atoms with Gasteiger partial charge in [-0.25, -0.2) is 19.2 Å². The molecule has 4 rings (SSSR count). The van der Waals surface area contributed by atoms with Gasteiger partial charge in [0.05, 0.1) is 58.7 Å². The molecule has 0 aliphatic heterocycles. The molecule has 8 nitrogen and oxygen atoms in total. The zero-order valence-corrected chi connectivity index (χ0v) is 26.0. The Balaban J connectivity index is 1.82. The molecule has 0 aromatic rings. The fourth-order valence-electron chi connectivity index (χ4n) is 4.68. The van der Waals surface area contributed by atoms with Gasteiger partial charge >= 0.3 is 23.9 Å². The lowest BCUT2D eigenvalue weighted by atomic mass is 10.1. The summed E-state index contributed by atoms with van der Waals surface area (Å²) in [6.07, 6.45) is 0. The number of ether oxygens (including phenoxy) is 4. The molecule has 0 radical (unpaired) electrons. The van der Waals surface area contributed by atoms with Crippen molar-refractivity contribution in [1.82, 2.24) is 0 Å². The highest BCUT2D eigenvalue weighted by atomic mass is 35.5. The van der Waals surface area contributed by atoms with Crippen LogP contribution in [-0.2, 0) is 18.9 Å². The van der Waals surface area contributed by atoms with Crippen LogP contribution in [-0.4, -0.2) is 50.3 Å².